The molecule has 2 heterocycles. The van der Waals surface area contributed by atoms with E-state index in [4.69, 9.17) is 9.84 Å². The van der Waals surface area contributed by atoms with Gasteiger partial charge in [-0.3, -0.25) is 9.69 Å². The Morgan fingerprint density at radius 1 is 0.974 bits per heavy atom. The predicted octanol–water partition coefficient (Wildman–Crippen LogP) is 5.75. The third-order valence-corrected chi connectivity index (χ3v) is 7.54. The number of amides is 1. The number of hydrogen-bond acceptors (Lipinski definition) is 4. The Bertz CT molecular complexity index is 1330. The monoisotopic (exact) mass is 520 g/mol. The number of carbonyl (C=O) groups excluding carboxylic acids is 1. The van der Waals surface area contributed by atoms with E-state index >= 15 is 0 Å². The number of halogens is 2. The van der Waals surface area contributed by atoms with Crippen molar-refractivity contribution in [3.63, 3.8) is 0 Å². The number of hydrogen-bond donors (Lipinski definition) is 1. The van der Waals surface area contributed by atoms with E-state index in [1.165, 1.54) is 24.3 Å². The van der Waals surface area contributed by atoms with Crippen LogP contribution in [0.2, 0.25) is 0 Å². The number of anilines is 1. The summed E-state index contributed by atoms with van der Waals surface area (Å²) in [5.41, 5.74) is 2.98. The van der Waals surface area contributed by atoms with Gasteiger partial charge in [0, 0.05) is 31.3 Å². The SMILES string of the molecule is CCOc1cc(CN2CCC3(CC2)CC(=O)N(c2ccc(C(=O)O)cc2)C3)cc(-c2cc(F)cc(F)c2)c1. The van der Waals surface area contributed by atoms with E-state index in [0.29, 0.717) is 43.0 Å². The lowest BCUT2D eigenvalue weighted by molar-refractivity contribution is -0.118. The van der Waals surface area contributed by atoms with Gasteiger partial charge in [-0.2, -0.15) is 0 Å². The molecule has 0 saturated carbocycles. The van der Waals surface area contributed by atoms with Crippen molar-refractivity contribution in [1.82, 2.24) is 4.90 Å². The van der Waals surface area contributed by atoms with Crippen molar-refractivity contribution in [2.24, 2.45) is 5.41 Å². The number of likely N-dealkylation sites (tertiary alicyclic amines) is 1. The van der Waals surface area contributed by atoms with Crippen LogP contribution in [0, 0.1) is 17.0 Å². The summed E-state index contributed by atoms with van der Waals surface area (Å²) in [6.07, 6.45) is 2.22. The zero-order valence-corrected chi connectivity index (χ0v) is 21.3. The highest BCUT2D eigenvalue weighted by molar-refractivity contribution is 5.97. The number of carboxylic acid groups (broad SMARTS) is 1. The Morgan fingerprint density at radius 2 is 1.63 bits per heavy atom. The largest absolute Gasteiger partial charge is 0.494 e. The molecule has 0 aromatic heterocycles. The number of nitrogens with zero attached hydrogens (tertiary/aromatic N) is 2. The summed E-state index contributed by atoms with van der Waals surface area (Å²) in [6.45, 7) is 5.31. The second-order valence-electron chi connectivity index (χ2n) is 10.2. The molecule has 0 bridgehead atoms. The Balaban J connectivity index is 1.27. The molecule has 3 aromatic rings. The third-order valence-electron chi connectivity index (χ3n) is 7.54. The van der Waals surface area contributed by atoms with Gasteiger partial charge in [0.25, 0.3) is 0 Å². The van der Waals surface area contributed by atoms with Crippen LogP contribution < -0.4 is 9.64 Å². The molecule has 0 unspecified atom stereocenters. The number of piperidine rings is 1. The zero-order valence-electron chi connectivity index (χ0n) is 21.3. The number of aromatic carboxylic acids is 1. The molecule has 5 rings (SSSR count). The summed E-state index contributed by atoms with van der Waals surface area (Å²) in [5.74, 6) is -1.51. The van der Waals surface area contributed by atoms with Crippen LogP contribution in [0.25, 0.3) is 11.1 Å². The van der Waals surface area contributed by atoms with Crippen molar-refractivity contribution in [1.29, 1.82) is 0 Å². The van der Waals surface area contributed by atoms with E-state index in [9.17, 15) is 18.4 Å². The molecule has 38 heavy (non-hydrogen) atoms. The molecule has 2 aliphatic rings. The van der Waals surface area contributed by atoms with Crippen molar-refractivity contribution < 1.29 is 28.2 Å². The highest BCUT2D eigenvalue weighted by Gasteiger charge is 2.45. The van der Waals surface area contributed by atoms with Gasteiger partial charge in [0.1, 0.15) is 17.4 Å². The lowest BCUT2D eigenvalue weighted by atomic mass is 9.77. The minimum Gasteiger partial charge on any atom is -0.494 e. The lowest BCUT2D eigenvalue weighted by Gasteiger charge is -2.39. The number of carboxylic acids is 1. The van der Waals surface area contributed by atoms with Gasteiger partial charge in [0.05, 0.1) is 12.2 Å². The van der Waals surface area contributed by atoms with Gasteiger partial charge in [-0.15, -0.1) is 0 Å². The van der Waals surface area contributed by atoms with Crippen LogP contribution in [-0.4, -0.2) is 48.1 Å². The minimum atomic E-state index is -0.991. The van der Waals surface area contributed by atoms with Crippen molar-refractivity contribution in [2.45, 2.75) is 32.7 Å². The van der Waals surface area contributed by atoms with Crippen LogP contribution in [0.4, 0.5) is 14.5 Å². The number of benzene rings is 3. The molecular weight excluding hydrogens is 490 g/mol. The molecule has 6 nitrogen and oxygen atoms in total. The smallest absolute Gasteiger partial charge is 0.335 e. The summed E-state index contributed by atoms with van der Waals surface area (Å²) in [5, 5.41) is 9.14. The topological polar surface area (TPSA) is 70.1 Å². The Kier molecular flexibility index (Phi) is 7.17. The minimum absolute atomic E-state index is 0.0675. The number of rotatable bonds is 7. The van der Waals surface area contributed by atoms with Crippen molar-refractivity contribution in [2.75, 3.05) is 31.1 Å². The highest BCUT2D eigenvalue weighted by atomic mass is 19.1. The molecule has 3 aromatic carbocycles. The van der Waals surface area contributed by atoms with E-state index in [1.807, 2.05) is 19.1 Å². The van der Waals surface area contributed by atoms with Gasteiger partial charge in [-0.05, 0) is 110 Å². The number of ether oxygens (including phenoxy) is 1. The van der Waals surface area contributed by atoms with E-state index in [-0.39, 0.29) is 16.9 Å². The fourth-order valence-corrected chi connectivity index (χ4v) is 5.58. The first-order valence-corrected chi connectivity index (χ1v) is 12.8. The quantitative estimate of drug-likeness (QED) is 0.430. The van der Waals surface area contributed by atoms with E-state index in [1.54, 1.807) is 23.1 Å². The molecule has 2 aliphatic heterocycles. The molecule has 1 spiro atoms. The molecule has 1 amide bonds. The molecule has 0 aliphatic carbocycles. The van der Waals surface area contributed by atoms with Crippen LogP contribution in [0.5, 0.6) is 5.75 Å². The van der Waals surface area contributed by atoms with Crippen LogP contribution in [-0.2, 0) is 11.3 Å². The van der Waals surface area contributed by atoms with Crippen molar-refractivity contribution in [3.05, 3.63) is 83.4 Å². The molecular formula is C30H30F2N2O4. The standard InChI is InChI=1S/C30H30F2N2O4/c1-2-38-27-12-20(11-22(15-27)23-13-24(31)16-25(32)14-23)18-33-9-7-30(8-10-33)17-28(35)34(19-30)26-5-3-21(4-6-26)29(36)37/h3-6,11-16H,2,7-10,17-19H2,1H3,(H,36,37). The molecule has 0 radical (unpaired) electrons. The maximum Gasteiger partial charge on any atom is 0.335 e. The van der Waals surface area contributed by atoms with Crippen LogP contribution in [0.3, 0.4) is 0 Å². The first-order valence-electron chi connectivity index (χ1n) is 12.8. The van der Waals surface area contributed by atoms with E-state index < -0.39 is 17.6 Å². The molecule has 1 N–H and O–H groups in total. The van der Waals surface area contributed by atoms with E-state index in [0.717, 1.165) is 43.2 Å². The summed E-state index contributed by atoms with van der Waals surface area (Å²) < 4.78 is 33.5. The average Bonchev–Trinajstić information content (AvgIpc) is 3.20. The fourth-order valence-electron chi connectivity index (χ4n) is 5.58. The van der Waals surface area contributed by atoms with Crippen molar-refractivity contribution >= 4 is 17.6 Å². The van der Waals surface area contributed by atoms with Gasteiger partial charge < -0.3 is 14.7 Å². The van der Waals surface area contributed by atoms with Crippen LogP contribution in [0.15, 0.2) is 60.7 Å². The van der Waals surface area contributed by atoms with Gasteiger partial charge in [0.2, 0.25) is 5.91 Å². The van der Waals surface area contributed by atoms with Gasteiger partial charge in [-0.25, -0.2) is 13.6 Å². The maximum absolute atomic E-state index is 13.9. The maximum atomic E-state index is 13.9. The molecule has 2 fully saturated rings. The third kappa shape index (κ3) is 5.55. The Hall–Kier alpha value is -3.78. The Morgan fingerprint density at radius 3 is 2.26 bits per heavy atom. The number of carbonyl (C=O) groups is 2. The summed E-state index contributed by atoms with van der Waals surface area (Å²) >= 11 is 0. The summed E-state index contributed by atoms with van der Waals surface area (Å²) in [6, 6.07) is 15.7. The first kappa shape index (κ1) is 25.9. The highest BCUT2D eigenvalue weighted by Crippen LogP contribution is 2.43. The fraction of sp³-hybridized carbons (Fsp3) is 0.333. The van der Waals surface area contributed by atoms with Crippen LogP contribution in [0.1, 0.15) is 42.1 Å². The predicted molar refractivity (Wildman–Crippen MR) is 140 cm³/mol. The second kappa shape index (κ2) is 10.5. The van der Waals surface area contributed by atoms with Gasteiger partial charge in [-0.1, -0.05) is 0 Å². The lowest BCUT2D eigenvalue weighted by Crippen LogP contribution is -2.41. The summed E-state index contributed by atoms with van der Waals surface area (Å²) in [7, 11) is 0. The van der Waals surface area contributed by atoms with Crippen LogP contribution >= 0.6 is 0 Å². The van der Waals surface area contributed by atoms with E-state index in [2.05, 4.69) is 4.90 Å². The molecule has 2 saturated heterocycles. The van der Waals surface area contributed by atoms with Gasteiger partial charge in [0.15, 0.2) is 0 Å². The molecule has 198 valence electrons. The Labute approximate surface area is 220 Å². The first-order chi connectivity index (χ1) is 18.2. The summed E-state index contributed by atoms with van der Waals surface area (Å²) in [4.78, 5) is 28.1. The molecule has 8 heteroatoms. The zero-order chi connectivity index (χ0) is 26.9. The normalized spacial score (nSPS) is 17.2. The molecule has 0 atom stereocenters. The second-order valence-corrected chi connectivity index (χ2v) is 10.2. The van der Waals surface area contributed by atoms with Crippen molar-refractivity contribution in [3.8, 4) is 16.9 Å². The van der Waals surface area contributed by atoms with Gasteiger partial charge >= 0.3 is 5.97 Å². The average molecular weight is 521 g/mol.